The predicted molar refractivity (Wildman–Crippen MR) is 91.5 cm³/mol. The Balaban J connectivity index is 1.68. The summed E-state index contributed by atoms with van der Waals surface area (Å²) < 4.78 is 0. The maximum atomic E-state index is 10.1. The van der Waals surface area contributed by atoms with Crippen molar-refractivity contribution in [3.63, 3.8) is 0 Å². The maximum Gasteiger partial charge on any atom is 0.151 e. The minimum Gasteiger partial charge on any atom is -0.508 e. The van der Waals surface area contributed by atoms with E-state index in [1.54, 1.807) is 12.3 Å². The van der Waals surface area contributed by atoms with E-state index in [1.165, 1.54) is 0 Å². The number of hydrogen-bond donors (Lipinski definition) is 2. The molecule has 3 rings (SSSR count). The smallest absolute Gasteiger partial charge is 0.151 e. The van der Waals surface area contributed by atoms with E-state index in [-0.39, 0.29) is 6.04 Å². The molecular weight excluding hydrogens is 288 g/mol. The zero-order valence-corrected chi connectivity index (χ0v) is 13.5. The van der Waals surface area contributed by atoms with Crippen LogP contribution in [-0.4, -0.2) is 34.4 Å². The molecule has 1 aliphatic heterocycles. The third kappa shape index (κ3) is 3.79. The number of benzene rings is 1. The SMILES string of the molecule is CCC(NC1CCCN(c2cccnn2)C1)c1ccccc1O. The molecule has 1 aromatic heterocycles. The second-order valence-corrected chi connectivity index (χ2v) is 6.05. The van der Waals surface area contributed by atoms with Crippen LogP contribution in [0.15, 0.2) is 42.6 Å². The van der Waals surface area contributed by atoms with Gasteiger partial charge in [0, 0.05) is 36.9 Å². The highest BCUT2D eigenvalue weighted by Crippen LogP contribution is 2.27. The zero-order valence-electron chi connectivity index (χ0n) is 13.5. The Hall–Kier alpha value is -2.14. The van der Waals surface area contributed by atoms with Crippen LogP contribution < -0.4 is 10.2 Å². The van der Waals surface area contributed by atoms with Crippen LogP contribution in [0.4, 0.5) is 5.82 Å². The molecule has 0 spiro atoms. The van der Waals surface area contributed by atoms with E-state index in [0.29, 0.717) is 11.8 Å². The number of aromatic nitrogens is 2. The van der Waals surface area contributed by atoms with Gasteiger partial charge in [0.2, 0.25) is 0 Å². The Bertz CT molecular complexity index is 619. The molecule has 2 N–H and O–H groups in total. The molecule has 1 aliphatic rings. The van der Waals surface area contributed by atoms with Gasteiger partial charge >= 0.3 is 0 Å². The molecule has 5 nitrogen and oxygen atoms in total. The van der Waals surface area contributed by atoms with Crippen molar-refractivity contribution in [2.24, 2.45) is 0 Å². The molecule has 2 atom stereocenters. The van der Waals surface area contributed by atoms with Gasteiger partial charge in [0.25, 0.3) is 0 Å². The second-order valence-electron chi connectivity index (χ2n) is 6.05. The lowest BCUT2D eigenvalue weighted by Crippen LogP contribution is -2.47. The van der Waals surface area contributed by atoms with Crippen LogP contribution >= 0.6 is 0 Å². The molecule has 1 saturated heterocycles. The van der Waals surface area contributed by atoms with Crippen LogP contribution in [0, 0.1) is 0 Å². The lowest BCUT2D eigenvalue weighted by atomic mass is 9.99. The third-order valence-corrected chi connectivity index (χ3v) is 4.46. The van der Waals surface area contributed by atoms with Gasteiger partial charge in [-0.05, 0) is 37.5 Å². The van der Waals surface area contributed by atoms with Crippen molar-refractivity contribution >= 4 is 5.82 Å². The zero-order chi connectivity index (χ0) is 16.1. The van der Waals surface area contributed by atoms with E-state index in [1.807, 2.05) is 30.3 Å². The summed E-state index contributed by atoms with van der Waals surface area (Å²) in [6.07, 6.45) is 4.92. The van der Waals surface area contributed by atoms with Crippen LogP contribution in [0.5, 0.6) is 5.75 Å². The number of rotatable bonds is 5. The molecule has 23 heavy (non-hydrogen) atoms. The summed E-state index contributed by atoms with van der Waals surface area (Å²) in [5.41, 5.74) is 0.978. The summed E-state index contributed by atoms with van der Waals surface area (Å²) in [6.45, 7) is 4.08. The Morgan fingerprint density at radius 1 is 1.30 bits per heavy atom. The van der Waals surface area contributed by atoms with Gasteiger partial charge in [-0.15, -0.1) is 5.10 Å². The molecule has 2 aromatic rings. The third-order valence-electron chi connectivity index (χ3n) is 4.46. The average Bonchev–Trinajstić information content (AvgIpc) is 2.61. The highest BCUT2D eigenvalue weighted by atomic mass is 16.3. The molecular formula is C18H24N4O. The van der Waals surface area contributed by atoms with Crippen molar-refractivity contribution in [3.8, 4) is 5.75 Å². The maximum absolute atomic E-state index is 10.1. The minimum absolute atomic E-state index is 0.169. The summed E-state index contributed by atoms with van der Waals surface area (Å²) in [7, 11) is 0. The molecule has 122 valence electrons. The Morgan fingerprint density at radius 2 is 2.17 bits per heavy atom. The molecule has 2 heterocycles. The van der Waals surface area contributed by atoms with E-state index in [4.69, 9.17) is 0 Å². The number of nitrogens with one attached hydrogen (secondary N) is 1. The molecule has 0 aliphatic carbocycles. The van der Waals surface area contributed by atoms with E-state index in [9.17, 15) is 5.11 Å². The number of para-hydroxylation sites is 1. The molecule has 0 amide bonds. The van der Waals surface area contributed by atoms with Crippen molar-refractivity contribution in [2.75, 3.05) is 18.0 Å². The van der Waals surface area contributed by atoms with E-state index in [2.05, 4.69) is 27.3 Å². The molecule has 0 bridgehead atoms. The summed E-state index contributed by atoms with van der Waals surface area (Å²) in [5, 5.41) is 22.0. The molecule has 1 fully saturated rings. The van der Waals surface area contributed by atoms with Crippen LogP contribution in [0.25, 0.3) is 0 Å². The fourth-order valence-corrected chi connectivity index (χ4v) is 3.28. The number of phenols is 1. The quantitative estimate of drug-likeness (QED) is 0.889. The van der Waals surface area contributed by atoms with E-state index >= 15 is 0 Å². The first-order chi connectivity index (χ1) is 11.3. The largest absolute Gasteiger partial charge is 0.508 e. The van der Waals surface area contributed by atoms with Crippen molar-refractivity contribution < 1.29 is 5.11 Å². The first kappa shape index (κ1) is 15.7. The van der Waals surface area contributed by atoms with Gasteiger partial charge in [-0.3, -0.25) is 0 Å². The monoisotopic (exact) mass is 312 g/mol. The van der Waals surface area contributed by atoms with Crippen molar-refractivity contribution in [1.29, 1.82) is 0 Å². The standard InChI is InChI=1S/C18H24N4O/c1-2-16(15-8-3-4-9-17(15)23)20-14-7-6-12-22(13-14)18-10-5-11-19-21-18/h3-5,8-11,14,16,20,23H,2,6-7,12-13H2,1H3. The summed E-state index contributed by atoms with van der Waals surface area (Å²) in [6, 6.07) is 12.1. The normalized spacial score (nSPS) is 19.5. The average molecular weight is 312 g/mol. The van der Waals surface area contributed by atoms with Crippen LogP contribution in [0.1, 0.15) is 37.8 Å². The minimum atomic E-state index is 0.169. The van der Waals surface area contributed by atoms with Crippen LogP contribution in [0.3, 0.4) is 0 Å². The molecule has 0 radical (unpaired) electrons. The highest BCUT2D eigenvalue weighted by Gasteiger charge is 2.24. The number of nitrogens with zero attached hydrogens (tertiary/aromatic N) is 3. The first-order valence-electron chi connectivity index (χ1n) is 8.34. The molecule has 5 heteroatoms. The Labute approximate surface area is 137 Å². The topological polar surface area (TPSA) is 61.3 Å². The number of phenolic OH excluding ortho intramolecular Hbond substituents is 1. The second kappa shape index (κ2) is 7.42. The lowest BCUT2D eigenvalue weighted by molar-refractivity contribution is 0.361. The Morgan fingerprint density at radius 3 is 2.91 bits per heavy atom. The number of aromatic hydroxyl groups is 1. The summed E-state index contributed by atoms with van der Waals surface area (Å²) >= 11 is 0. The molecule has 1 aromatic carbocycles. The van der Waals surface area contributed by atoms with Gasteiger partial charge < -0.3 is 15.3 Å². The van der Waals surface area contributed by atoms with Gasteiger partial charge in [-0.25, -0.2) is 0 Å². The van der Waals surface area contributed by atoms with E-state index in [0.717, 1.165) is 43.7 Å². The fraction of sp³-hybridized carbons (Fsp3) is 0.444. The van der Waals surface area contributed by atoms with E-state index < -0.39 is 0 Å². The number of hydrogen-bond acceptors (Lipinski definition) is 5. The Kier molecular flexibility index (Phi) is 5.08. The predicted octanol–water partition coefficient (Wildman–Crippen LogP) is 2.89. The van der Waals surface area contributed by atoms with Gasteiger partial charge in [-0.1, -0.05) is 25.1 Å². The number of anilines is 1. The van der Waals surface area contributed by atoms with Crippen LogP contribution in [0.2, 0.25) is 0 Å². The summed E-state index contributed by atoms with van der Waals surface area (Å²) in [5.74, 6) is 1.31. The molecule has 0 saturated carbocycles. The molecule has 2 unspecified atom stereocenters. The highest BCUT2D eigenvalue weighted by molar-refractivity contribution is 5.38. The van der Waals surface area contributed by atoms with Crippen molar-refractivity contribution in [1.82, 2.24) is 15.5 Å². The van der Waals surface area contributed by atoms with Gasteiger partial charge in [0.05, 0.1) is 0 Å². The van der Waals surface area contributed by atoms with Gasteiger partial charge in [0.1, 0.15) is 5.75 Å². The van der Waals surface area contributed by atoms with Crippen molar-refractivity contribution in [2.45, 2.75) is 38.3 Å². The lowest BCUT2D eigenvalue weighted by Gasteiger charge is -2.36. The number of piperidine rings is 1. The van der Waals surface area contributed by atoms with Gasteiger partial charge in [0.15, 0.2) is 5.82 Å². The first-order valence-corrected chi connectivity index (χ1v) is 8.34. The van der Waals surface area contributed by atoms with Gasteiger partial charge in [-0.2, -0.15) is 5.10 Å². The van der Waals surface area contributed by atoms with Crippen molar-refractivity contribution in [3.05, 3.63) is 48.2 Å². The fourth-order valence-electron chi connectivity index (χ4n) is 3.28. The summed E-state index contributed by atoms with van der Waals surface area (Å²) in [4.78, 5) is 2.28. The van der Waals surface area contributed by atoms with Crippen LogP contribution in [-0.2, 0) is 0 Å².